The minimum absolute atomic E-state index is 0. The smallest absolute Gasteiger partial charge is 0.335 e. The van der Waals surface area contributed by atoms with Crippen LogP contribution in [0, 0.1) is 0 Å². The summed E-state index contributed by atoms with van der Waals surface area (Å²) in [6.07, 6.45) is 0. The molecule has 0 saturated heterocycles. The summed E-state index contributed by atoms with van der Waals surface area (Å²) in [6.45, 7) is 0. The number of nitrogens with one attached hydrogen (secondary N) is 1. The molecule has 27 heavy (non-hydrogen) atoms. The molecule has 1 aliphatic rings. The van der Waals surface area contributed by atoms with E-state index in [1.54, 1.807) is 0 Å². The summed E-state index contributed by atoms with van der Waals surface area (Å²) in [5, 5.41) is 6.66. The topological polar surface area (TPSA) is 58.6 Å². The van der Waals surface area contributed by atoms with E-state index in [0.717, 1.165) is 0 Å². The Morgan fingerprint density at radius 1 is 0.630 bits per heavy atom. The number of ether oxygens (including phenoxy) is 1. The van der Waals surface area contributed by atoms with Gasteiger partial charge in [-0.25, -0.2) is 5.43 Å². The molecule has 0 aliphatic carbocycles. The summed E-state index contributed by atoms with van der Waals surface area (Å²) in [7, 11) is 0. The molecular weight excluding hydrogens is 368 g/mol. The standard InChI is InChI=1S/C19H16N4O3.ClH/c1-4-10-16(11-5-1)24-19-20-22(25-17-12-6-2-7-13-17)23(21-19)26-18-14-8-3-9-15-18;/h1-15H,(H,20,21);1H. The number of hydrazine groups is 2. The van der Waals surface area contributed by atoms with Crippen molar-refractivity contribution in [2.75, 3.05) is 0 Å². The van der Waals surface area contributed by atoms with Crippen LogP contribution in [0.2, 0.25) is 0 Å². The van der Waals surface area contributed by atoms with Crippen LogP contribution in [0.1, 0.15) is 0 Å². The van der Waals surface area contributed by atoms with Crippen LogP contribution in [-0.2, 0) is 0 Å². The van der Waals surface area contributed by atoms with E-state index in [-0.39, 0.29) is 18.4 Å². The van der Waals surface area contributed by atoms with Gasteiger partial charge in [0.15, 0.2) is 11.5 Å². The van der Waals surface area contributed by atoms with Crippen LogP contribution in [-0.4, -0.2) is 16.6 Å². The van der Waals surface area contributed by atoms with E-state index < -0.39 is 0 Å². The van der Waals surface area contributed by atoms with E-state index in [1.807, 2.05) is 91.0 Å². The second-order valence-electron chi connectivity index (χ2n) is 5.27. The van der Waals surface area contributed by atoms with Gasteiger partial charge in [-0.15, -0.1) is 12.4 Å². The van der Waals surface area contributed by atoms with Crippen molar-refractivity contribution in [3.63, 3.8) is 0 Å². The molecule has 3 aromatic carbocycles. The molecule has 1 N–H and O–H groups in total. The van der Waals surface area contributed by atoms with Crippen molar-refractivity contribution < 1.29 is 14.4 Å². The van der Waals surface area contributed by atoms with E-state index in [9.17, 15) is 0 Å². The van der Waals surface area contributed by atoms with Crippen LogP contribution >= 0.6 is 12.4 Å². The first-order valence-corrected chi connectivity index (χ1v) is 8.01. The molecule has 0 bridgehead atoms. The number of hydrogen-bond acceptors (Lipinski definition) is 7. The third-order valence-electron chi connectivity index (χ3n) is 3.35. The van der Waals surface area contributed by atoms with E-state index in [2.05, 4.69) is 10.5 Å². The minimum atomic E-state index is 0. The average molecular weight is 385 g/mol. The number of benzene rings is 3. The Bertz CT molecular complexity index is 866. The van der Waals surface area contributed by atoms with Gasteiger partial charge in [0.05, 0.1) is 0 Å². The third kappa shape index (κ3) is 4.81. The SMILES string of the molecule is Cl.c1ccc(OC2=NN(Oc3ccccc3)N(Oc3ccccc3)N2)cc1. The zero-order chi connectivity index (χ0) is 17.6. The van der Waals surface area contributed by atoms with Crippen molar-refractivity contribution in [3.05, 3.63) is 91.0 Å². The van der Waals surface area contributed by atoms with Gasteiger partial charge in [0, 0.05) is 5.28 Å². The number of halogens is 1. The first-order chi connectivity index (χ1) is 12.9. The number of amidine groups is 1. The molecule has 0 amide bonds. The molecule has 0 spiro atoms. The first kappa shape index (κ1) is 18.4. The van der Waals surface area contributed by atoms with E-state index >= 15 is 0 Å². The molecule has 3 aromatic rings. The highest BCUT2D eigenvalue weighted by atomic mass is 35.5. The van der Waals surface area contributed by atoms with Gasteiger partial charge in [0.1, 0.15) is 11.0 Å². The van der Waals surface area contributed by atoms with Crippen LogP contribution in [0.15, 0.2) is 96.1 Å². The quantitative estimate of drug-likeness (QED) is 0.722. The maximum atomic E-state index is 5.76. The highest BCUT2D eigenvalue weighted by molar-refractivity contribution is 5.85. The van der Waals surface area contributed by atoms with Crippen LogP contribution in [0.4, 0.5) is 0 Å². The maximum absolute atomic E-state index is 5.76. The Labute approximate surface area is 162 Å². The molecule has 138 valence electrons. The summed E-state index contributed by atoms with van der Waals surface area (Å²) < 4.78 is 5.71. The summed E-state index contributed by atoms with van der Waals surface area (Å²) in [5.74, 6) is 1.85. The van der Waals surface area contributed by atoms with Gasteiger partial charge in [0.2, 0.25) is 0 Å². The van der Waals surface area contributed by atoms with Crippen LogP contribution in [0.3, 0.4) is 0 Å². The molecule has 7 nitrogen and oxygen atoms in total. The van der Waals surface area contributed by atoms with Crippen LogP contribution in [0.5, 0.6) is 17.2 Å². The molecule has 0 saturated carbocycles. The predicted octanol–water partition coefficient (Wildman–Crippen LogP) is 3.78. The summed E-state index contributed by atoms with van der Waals surface area (Å²) >= 11 is 0. The Morgan fingerprint density at radius 3 is 1.67 bits per heavy atom. The first-order valence-electron chi connectivity index (χ1n) is 8.01. The largest absolute Gasteiger partial charge is 0.424 e. The van der Waals surface area contributed by atoms with Gasteiger partial charge < -0.3 is 14.4 Å². The molecule has 0 aromatic heterocycles. The van der Waals surface area contributed by atoms with Gasteiger partial charge in [-0.2, -0.15) is 0 Å². The number of hydrazone groups is 1. The fraction of sp³-hybridized carbons (Fsp3) is 0. The number of hydrogen-bond donors (Lipinski definition) is 1. The summed E-state index contributed by atoms with van der Waals surface area (Å²) in [6, 6.07) is 28.1. The molecule has 0 atom stereocenters. The zero-order valence-corrected chi connectivity index (χ0v) is 15.0. The van der Waals surface area contributed by atoms with Crippen molar-refractivity contribution in [2.45, 2.75) is 0 Å². The molecule has 8 heteroatoms. The van der Waals surface area contributed by atoms with Crippen molar-refractivity contribution in [1.29, 1.82) is 0 Å². The molecule has 0 radical (unpaired) electrons. The van der Waals surface area contributed by atoms with Crippen molar-refractivity contribution in [3.8, 4) is 17.2 Å². The van der Waals surface area contributed by atoms with Gasteiger partial charge in [0.25, 0.3) is 0 Å². The molecule has 0 unspecified atom stereocenters. The van der Waals surface area contributed by atoms with E-state index in [0.29, 0.717) is 17.2 Å². The highest BCUT2D eigenvalue weighted by Crippen LogP contribution is 2.18. The number of nitrogens with zero attached hydrogens (tertiary/aromatic N) is 3. The second-order valence-corrected chi connectivity index (χ2v) is 5.27. The zero-order valence-electron chi connectivity index (χ0n) is 14.1. The number of rotatable bonds is 5. The lowest BCUT2D eigenvalue weighted by molar-refractivity contribution is -0.338. The highest BCUT2D eigenvalue weighted by Gasteiger charge is 2.29. The summed E-state index contributed by atoms with van der Waals surface area (Å²) in [5.41, 5.74) is 2.90. The normalized spacial score (nSPS) is 13.2. The lowest BCUT2D eigenvalue weighted by Crippen LogP contribution is -2.48. The molecule has 4 rings (SSSR count). The van der Waals surface area contributed by atoms with Gasteiger partial charge in [-0.05, 0) is 36.4 Å². The Morgan fingerprint density at radius 2 is 1.11 bits per heavy atom. The third-order valence-corrected chi connectivity index (χ3v) is 3.35. The van der Waals surface area contributed by atoms with Crippen molar-refractivity contribution in [2.24, 2.45) is 5.10 Å². The predicted molar refractivity (Wildman–Crippen MR) is 103 cm³/mol. The second kappa shape index (κ2) is 8.79. The Hall–Kier alpha value is -3.42. The Kier molecular flexibility index (Phi) is 5.98. The van der Waals surface area contributed by atoms with Gasteiger partial charge >= 0.3 is 6.02 Å². The van der Waals surface area contributed by atoms with Crippen molar-refractivity contribution in [1.82, 2.24) is 16.0 Å². The van der Waals surface area contributed by atoms with Gasteiger partial charge in [-0.3, -0.25) is 0 Å². The minimum Gasteiger partial charge on any atom is -0.424 e. The van der Waals surface area contributed by atoms with Crippen molar-refractivity contribution >= 4 is 18.4 Å². The average Bonchev–Trinajstić information content (AvgIpc) is 3.05. The fourth-order valence-electron chi connectivity index (χ4n) is 2.18. The molecular formula is C19H17ClN4O3. The van der Waals surface area contributed by atoms with Gasteiger partial charge in [-0.1, -0.05) is 59.7 Å². The Balaban J connectivity index is 0.00000210. The lowest BCUT2D eigenvalue weighted by atomic mass is 10.3. The van der Waals surface area contributed by atoms with E-state index in [1.165, 1.54) is 10.6 Å². The summed E-state index contributed by atoms with van der Waals surface area (Å²) in [4.78, 5) is 11.5. The van der Waals surface area contributed by atoms with Crippen LogP contribution in [0.25, 0.3) is 0 Å². The molecule has 1 heterocycles. The lowest BCUT2D eigenvalue weighted by Gasteiger charge is -2.23. The monoisotopic (exact) mass is 384 g/mol. The number of para-hydroxylation sites is 3. The van der Waals surface area contributed by atoms with Crippen LogP contribution < -0.4 is 19.8 Å². The maximum Gasteiger partial charge on any atom is 0.335 e. The fourth-order valence-corrected chi connectivity index (χ4v) is 2.18. The molecule has 0 fully saturated rings. The molecule has 1 aliphatic heterocycles. The van der Waals surface area contributed by atoms with E-state index in [4.69, 9.17) is 14.4 Å².